The van der Waals surface area contributed by atoms with Gasteiger partial charge in [0.1, 0.15) is 5.75 Å². The third-order valence-electron chi connectivity index (χ3n) is 4.82. The molecule has 3 rings (SSSR count). The first-order chi connectivity index (χ1) is 12.5. The van der Waals surface area contributed by atoms with Crippen molar-refractivity contribution in [1.29, 1.82) is 0 Å². The number of carbonyl (C=O) groups is 1. The summed E-state index contributed by atoms with van der Waals surface area (Å²) in [6, 6.07) is 17.8. The Morgan fingerprint density at radius 3 is 2.58 bits per heavy atom. The van der Waals surface area contributed by atoms with E-state index in [0.717, 1.165) is 30.4 Å². The SMILES string of the molecule is O=C(CS(=O)(=O)CCCc1ccccc1)NC1CCCc2ccccc21. The maximum Gasteiger partial charge on any atom is 0.235 e. The number of carbonyl (C=O) groups excluding carboxylic acids is 1. The van der Waals surface area contributed by atoms with Crippen LogP contribution in [-0.2, 0) is 27.5 Å². The smallest absolute Gasteiger partial charge is 0.235 e. The molecule has 1 amide bonds. The molecule has 0 aliphatic heterocycles. The summed E-state index contributed by atoms with van der Waals surface area (Å²) >= 11 is 0. The summed E-state index contributed by atoms with van der Waals surface area (Å²) in [5, 5.41) is 2.92. The molecule has 1 aliphatic carbocycles. The molecule has 0 bridgehead atoms. The molecule has 0 fully saturated rings. The van der Waals surface area contributed by atoms with Gasteiger partial charge in [0.05, 0.1) is 11.8 Å². The van der Waals surface area contributed by atoms with Crippen molar-refractivity contribution < 1.29 is 13.2 Å². The second-order valence-electron chi connectivity index (χ2n) is 6.89. The van der Waals surface area contributed by atoms with Crippen molar-refractivity contribution in [2.45, 2.75) is 38.1 Å². The van der Waals surface area contributed by atoms with E-state index in [4.69, 9.17) is 0 Å². The van der Waals surface area contributed by atoms with E-state index in [-0.39, 0.29) is 11.8 Å². The lowest BCUT2D eigenvalue weighted by molar-refractivity contribution is -0.119. The Kier molecular flexibility index (Phi) is 6.09. The molecule has 1 N–H and O–H groups in total. The first-order valence-corrected chi connectivity index (χ1v) is 11.0. The molecule has 0 radical (unpaired) electrons. The van der Waals surface area contributed by atoms with Crippen LogP contribution in [0.25, 0.3) is 0 Å². The number of benzene rings is 2. The number of fused-ring (bicyclic) bond motifs is 1. The number of hydrogen-bond donors (Lipinski definition) is 1. The summed E-state index contributed by atoms with van der Waals surface area (Å²) in [5.74, 6) is -0.789. The van der Waals surface area contributed by atoms with E-state index in [0.29, 0.717) is 12.8 Å². The van der Waals surface area contributed by atoms with Gasteiger partial charge in [-0.2, -0.15) is 0 Å². The van der Waals surface area contributed by atoms with Gasteiger partial charge in [-0.25, -0.2) is 8.42 Å². The number of aryl methyl sites for hydroxylation is 2. The molecule has 0 heterocycles. The molecule has 1 atom stereocenters. The van der Waals surface area contributed by atoms with Crippen molar-refractivity contribution in [2.75, 3.05) is 11.5 Å². The summed E-state index contributed by atoms with van der Waals surface area (Å²) < 4.78 is 24.5. The Hall–Kier alpha value is -2.14. The highest BCUT2D eigenvalue weighted by Crippen LogP contribution is 2.29. The maximum atomic E-state index is 12.3. The quantitative estimate of drug-likeness (QED) is 0.813. The zero-order valence-electron chi connectivity index (χ0n) is 14.9. The minimum absolute atomic E-state index is 0.0383. The van der Waals surface area contributed by atoms with Gasteiger partial charge >= 0.3 is 0 Å². The van der Waals surface area contributed by atoms with Crippen molar-refractivity contribution in [1.82, 2.24) is 5.32 Å². The summed E-state index contributed by atoms with van der Waals surface area (Å²) in [5.41, 5.74) is 3.48. The zero-order valence-corrected chi connectivity index (χ0v) is 15.7. The molecule has 2 aromatic carbocycles. The molecule has 0 saturated heterocycles. The van der Waals surface area contributed by atoms with Crippen LogP contribution in [0.5, 0.6) is 0 Å². The Balaban J connectivity index is 1.51. The highest BCUT2D eigenvalue weighted by Gasteiger charge is 2.23. The van der Waals surface area contributed by atoms with Crippen LogP contribution >= 0.6 is 0 Å². The van der Waals surface area contributed by atoms with E-state index < -0.39 is 21.5 Å². The Morgan fingerprint density at radius 1 is 1.04 bits per heavy atom. The van der Waals surface area contributed by atoms with E-state index in [1.165, 1.54) is 5.56 Å². The fourth-order valence-electron chi connectivity index (χ4n) is 3.55. The highest BCUT2D eigenvalue weighted by molar-refractivity contribution is 7.92. The monoisotopic (exact) mass is 371 g/mol. The number of nitrogens with one attached hydrogen (secondary N) is 1. The molecule has 2 aromatic rings. The topological polar surface area (TPSA) is 63.2 Å². The van der Waals surface area contributed by atoms with Crippen LogP contribution in [0.1, 0.15) is 42.0 Å². The first-order valence-electron chi connectivity index (χ1n) is 9.15. The lowest BCUT2D eigenvalue weighted by Gasteiger charge is -2.26. The second-order valence-corrected chi connectivity index (χ2v) is 9.08. The Morgan fingerprint density at radius 2 is 1.77 bits per heavy atom. The van der Waals surface area contributed by atoms with Gasteiger partial charge in [0.15, 0.2) is 9.84 Å². The molecule has 1 unspecified atom stereocenters. The van der Waals surface area contributed by atoms with E-state index in [9.17, 15) is 13.2 Å². The van der Waals surface area contributed by atoms with Crippen LogP contribution in [0.2, 0.25) is 0 Å². The van der Waals surface area contributed by atoms with Gasteiger partial charge in [-0.1, -0.05) is 54.6 Å². The second kappa shape index (κ2) is 8.49. The molecule has 0 spiro atoms. The van der Waals surface area contributed by atoms with Crippen LogP contribution in [0.4, 0.5) is 0 Å². The molecule has 4 nitrogen and oxygen atoms in total. The van der Waals surface area contributed by atoms with Crippen molar-refractivity contribution >= 4 is 15.7 Å². The van der Waals surface area contributed by atoms with Crippen molar-refractivity contribution in [3.63, 3.8) is 0 Å². The third kappa shape index (κ3) is 5.18. The molecule has 0 aromatic heterocycles. The van der Waals surface area contributed by atoms with Crippen LogP contribution < -0.4 is 5.32 Å². The normalized spacial score (nSPS) is 16.7. The van der Waals surface area contributed by atoms with Gasteiger partial charge in [-0.3, -0.25) is 4.79 Å². The van der Waals surface area contributed by atoms with E-state index in [1.807, 2.05) is 48.5 Å². The predicted octanol–water partition coefficient (Wildman–Crippen LogP) is 3.23. The summed E-state index contributed by atoms with van der Waals surface area (Å²) in [6.07, 6.45) is 4.12. The number of hydrogen-bond acceptors (Lipinski definition) is 3. The average Bonchev–Trinajstić information content (AvgIpc) is 2.62. The van der Waals surface area contributed by atoms with Crippen molar-refractivity contribution in [3.05, 3.63) is 71.3 Å². The molecular weight excluding hydrogens is 346 g/mol. The van der Waals surface area contributed by atoms with Crippen LogP contribution in [0, 0.1) is 0 Å². The molecule has 5 heteroatoms. The van der Waals surface area contributed by atoms with E-state index in [2.05, 4.69) is 11.4 Å². The number of sulfone groups is 1. The highest BCUT2D eigenvalue weighted by atomic mass is 32.2. The fraction of sp³-hybridized carbons (Fsp3) is 0.381. The lowest BCUT2D eigenvalue weighted by Crippen LogP contribution is -2.35. The van der Waals surface area contributed by atoms with Gasteiger partial charge in [0.2, 0.25) is 5.91 Å². The molecule has 1 aliphatic rings. The Labute approximate surface area is 155 Å². The van der Waals surface area contributed by atoms with Crippen molar-refractivity contribution in [2.24, 2.45) is 0 Å². The lowest BCUT2D eigenvalue weighted by atomic mass is 9.88. The minimum Gasteiger partial charge on any atom is -0.348 e. The standard InChI is InChI=1S/C21H25NO3S/c23-21(22-20-14-6-12-18-11-4-5-13-19(18)20)16-26(24,25)15-7-10-17-8-2-1-3-9-17/h1-5,8-9,11,13,20H,6-7,10,12,14-16H2,(H,22,23). The van der Waals surface area contributed by atoms with Crippen molar-refractivity contribution in [3.8, 4) is 0 Å². The van der Waals surface area contributed by atoms with E-state index in [1.54, 1.807) is 0 Å². The molecule has 0 saturated carbocycles. The van der Waals surface area contributed by atoms with Crippen LogP contribution in [0.3, 0.4) is 0 Å². The maximum absolute atomic E-state index is 12.3. The summed E-state index contributed by atoms with van der Waals surface area (Å²) in [7, 11) is -3.39. The van der Waals surface area contributed by atoms with Gasteiger partial charge < -0.3 is 5.32 Å². The first kappa shape index (κ1) is 18.6. The van der Waals surface area contributed by atoms with Gasteiger partial charge in [0, 0.05) is 0 Å². The largest absolute Gasteiger partial charge is 0.348 e. The third-order valence-corrected chi connectivity index (χ3v) is 6.43. The minimum atomic E-state index is -3.39. The fourth-order valence-corrected chi connectivity index (χ4v) is 4.76. The van der Waals surface area contributed by atoms with Gasteiger partial charge in [0.25, 0.3) is 0 Å². The zero-order chi connectivity index (χ0) is 18.4. The summed E-state index contributed by atoms with van der Waals surface area (Å²) in [6.45, 7) is 0. The van der Waals surface area contributed by atoms with Crippen LogP contribution in [-0.4, -0.2) is 25.8 Å². The van der Waals surface area contributed by atoms with Crippen LogP contribution in [0.15, 0.2) is 54.6 Å². The molecule has 26 heavy (non-hydrogen) atoms. The van der Waals surface area contributed by atoms with Gasteiger partial charge in [-0.05, 0) is 48.8 Å². The average molecular weight is 372 g/mol. The molecule has 138 valence electrons. The Bertz CT molecular complexity index is 847. The number of amides is 1. The van der Waals surface area contributed by atoms with E-state index >= 15 is 0 Å². The van der Waals surface area contributed by atoms with Gasteiger partial charge in [-0.15, -0.1) is 0 Å². The summed E-state index contributed by atoms with van der Waals surface area (Å²) in [4.78, 5) is 12.3. The predicted molar refractivity (Wildman–Crippen MR) is 104 cm³/mol. The number of rotatable bonds is 7. The molecular formula is C21H25NO3S.